The second-order valence-corrected chi connectivity index (χ2v) is 6.13. The van der Waals surface area contributed by atoms with E-state index in [1.54, 1.807) is 0 Å². The van der Waals surface area contributed by atoms with Gasteiger partial charge in [0.1, 0.15) is 6.10 Å². The van der Waals surface area contributed by atoms with Crippen molar-refractivity contribution in [2.75, 3.05) is 20.6 Å². The van der Waals surface area contributed by atoms with Crippen molar-refractivity contribution in [3.05, 3.63) is 35.9 Å². The van der Waals surface area contributed by atoms with Gasteiger partial charge in [-0.15, -0.1) is 0 Å². The van der Waals surface area contributed by atoms with Crippen LogP contribution < -0.4 is 0 Å². The fraction of sp³-hybridized carbons (Fsp3) is 0.588. The van der Waals surface area contributed by atoms with Crippen molar-refractivity contribution in [2.45, 2.75) is 39.7 Å². The Hall–Kier alpha value is -1.35. The Labute approximate surface area is 122 Å². The highest BCUT2D eigenvalue weighted by atomic mass is 16.5. The summed E-state index contributed by atoms with van der Waals surface area (Å²) in [6, 6.07) is 9.98. The quantitative estimate of drug-likeness (QED) is 0.712. The van der Waals surface area contributed by atoms with E-state index in [0.717, 1.165) is 24.9 Å². The van der Waals surface area contributed by atoms with E-state index in [1.165, 1.54) is 0 Å². The van der Waals surface area contributed by atoms with Crippen LogP contribution >= 0.6 is 0 Å². The highest BCUT2D eigenvalue weighted by molar-refractivity contribution is 5.76. The summed E-state index contributed by atoms with van der Waals surface area (Å²) in [5, 5.41) is 0. The van der Waals surface area contributed by atoms with Crippen LogP contribution in [0.15, 0.2) is 30.3 Å². The SMILES string of the molecule is CCC(C)(C)C(=O)OC(CCN(C)C)c1ccccc1. The monoisotopic (exact) mass is 277 g/mol. The average Bonchev–Trinajstić information content (AvgIpc) is 2.43. The van der Waals surface area contributed by atoms with Crippen molar-refractivity contribution in [2.24, 2.45) is 5.41 Å². The number of ether oxygens (including phenoxy) is 1. The minimum absolute atomic E-state index is 0.118. The van der Waals surface area contributed by atoms with Gasteiger partial charge in [0.25, 0.3) is 0 Å². The second-order valence-electron chi connectivity index (χ2n) is 6.13. The van der Waals surface area contributed by atoms with Crippen LogP contribution in [0.2, 0.25) is 0 Å². The number of carbonyl (C=O) groups is 1. The van der Waals surface area contributed by atoms with Crippen molar-refractivity contribution in [3.8, 4) is 0 Å². The number of rotatable bonds is 7. The third-order valence-corrected chi connectivity index (χ3v) is 3.70. The molecule has 0 heterocycles. The summed E-state index contributed by atoms with van der Waals surface area (Å²) < 4.78 is 5.78. The zero-order chi connectivity index (χ0) is 15.2. The van der Waals surface area contributed by atoms with Crippen LogP contribution in [0, 0.1) is 5.41 Å². The van der Waals surface area contributed by atoms with Crippen LogP contribution in [0.25, 0.3) is 0 Å². The third-order valence-electron chi connectivity index (χ3n) is 3.70. The molecule has 1 atom stereocenters. The van der Waals surface area contributed by atoms with Crippen LogP contribution in [-0.2, 0) is 9.53 Å². The fourth-order valence-electron chi connectivity index (χ4n) is 1.77. The van der Waals surface area contributed by atoms with Crippen LogP contribution in [-0.4, -0.2) is 31.5 Å². The fourth-order valence-corrected chi connectivity index (χ4v) is 1.77. The van der Waals surface area contributed by atoms with Gasteiger partial charge in [0.05, 0.1) is 5.41 Å². The summed E-state index contributed by atoms with van der Waals surface area (Å²) in [7, 11) is 4.06. The Balaban J connectivity index is 2.81. The number of hydrogen-bond donors (Lipinski definition) is 0. The number of esters is 1. The lowest BCUT2D eigenvalue weighted by molar-refractivity contribution is -0.160. The molecule has 0 aliphatic heterocycles. The Morgan fingerprint density at radius 3 is 2.35 bits per heavy atom. The van der Waals surface area contributed by atoms with Crippen LogP contribution in [0.4, 0.5) is 0 Å². The minimum atomic E-state index is -0.425. The summed E-state index contributed by atoms with van der Waals surface area (Å²) in [6.07, 6.45) is 1.42. The van der Waals surface area contributed by atoms with Gasteiger partial charge in [-0.3, -0.25) is 4.79 Å². The highest BCUT2D eigenvalue weighted by Crippen LogP contribution is 2.28. The first-order valence-corrected chi connectivity index (χ1v) is 7.27. The predicted octanol–water partition coefficient (Wildman–Crippen LogP) is 3.66. The van der Waals surface area contributed by atoms with E-state index >= 15 is 0 Å². The van der Waals surface area contributed by atoms with Crippen molar-refractivity contribution in [3.63, 3.8) is 0 Å². The predicted molar refractivity (Wildman–Crippen MR) is 82.5 cm³/mol. The maximum absolute atomic E-state index is 12.3. The topological polar surface area (TPSA) is 29.5 Å². The maximum atomic E-state index is 12.3. The zero-order valence-corrected chi connectivity index (χ0v) is 13.3. The van der Waals surface area contributed by atoms with Gasteiger partial charge in [-0.2, -0.15) is 0 Å². The van der Waals surface area contributed by atoms with E-state index in [2.05, 4.69) is 4.90 Å². The molecule has 0 aliphatic rings. The molecule has 0 N–H and O–H groups in total. The molecule has 0 aromatic heterocycles. The molecule has 0 amide bonds. The van der Waals surface area contributed by atoms with Crippen LogP contribution in [0.3, 0.4) is 0 Å². The lowest BCUT2D eigenvalue weighted by Crippen LogP contribution is -2.28. The molecule has 1 aromatic carbocycles. The molecule has 1 unspecified atom stereocenters. The molecule has 20 heavy (non-hydrogen) atoms. The summed E-state index contributed by atoms with van der Waals surface area (Å²) in [5.41, 5.74) is 0.639. The smallest absolute Gasteiger partial charge is 0.312 e. The molecule has 1 aromatic rings. The molecule has 112 valence electrons. The Bertz CT molecular complexity index is 412. The van der Waals surface area contributed by atoms with E-state index in [0.29, 0.717) is 0 Å². The molecule has 1 rings (SSSR count). The van der Waals surface area contributed by atoms with E-state index < -0.39 is 5.41 Å². The molecule has 0 bridgehead atoms. The van der Waals surface area contributed by atoms with E-state index in [-0.39, 0.29) is 12.1 Å². The summed E-state index contributed by atoms with van der Waals surface area (Å²) >= 11 is 0. The zero-order valence-electron chi connectivity index (χ0n) is 13.3. The Kier molecular flexibility index (Phi) is 6.21. The average molecular weight is 277 g/mol. The van der Waals surface area contributed by atoms with Crippen molar-refractivity contribution in [1.29, 1.82) is 0 Å². The Morgan fingerprint density at radius 1 is 1.25 bits per heavy atom. The lowest BCUT2D eigenvalue weighted by Gasteiger charge is -2.26. The van der Waals surface area contributed by atoms with Gasteiger partial charge >= 0.3 is 5.97 Å². The van der Waals surface area contributed by atoms with Crippen LogP contribution in [0.5, 0.6) is 0 Å². The summed E-state index contributed by atoms with van der Waals surface area (Å²) in [5.74, 6) is -0.118. The molecule has 3 heteroatoms. The van der Waals surface area contributed by atoms with E-state index in [1.807, 2.05) is 65.2 Å². The number of nitrogens with zero attached hydrogens (tertiary/aromatic N) is 1. The minimum Gasteiger partial charge on any atom is -0.457 e. The van der Waals surface area contributed by atoms with Crippen molar-refractivity contribution < 1.29 is 9.53 Å². The van der Waals surface area contributed by atoms with E-state index in [4.69, 9.17) is 4.74 Å². The van der Waals surface area contributed by atoms with Gasteiger partial charge < -0.3 is 9.64 Å². The molecule has 0 aliphatic carbocycles. The van der Waals surface area contributed by atoms with Gasteiger partial charge in [-0.25, -0.2) is 0 Å². The lowest BCUT2D eigenvalue weighted by atomic mass is 9.90. The first-order chi connectivity index (χ1) is 9.36. The number of carbonyl (C=O) groups excluding carboxylic acids is 1. The highest BCUT2D eigenvalue weighted by Gasteiger charge is 2.30. The standard InChI is InChI=1S/C17H27NO2/c1-6-17(2,3)16(19)20-15(12-13-18(4)5)14-10-8-7-9-11-14/h7-11,15H,6,12-13H2,1-5H3. The normalized spacial score (nSPS) is 13.3. The maximum Gasteiger partial charge on any atom is 0.312 e. The molecule has 0 fully saturated rings. The van der Waals surface area contributed by atoms with Crippen molar-refractivity contribution in [1.82, 2.24) is 4.90 Å². The van der Waals surface area contributed by atoms with E-state index in [9.17, 15) is 4.79 Å². The van der Waals surface area contributed by atoms with Gasteiger partial charge in [-0.1, -0.05) is 37.3 Å². The number of hydrogen-bond acceptors (Lipinski definition) is 3. The summed E-state index contributed by atoms with van der Waals surface area (Å²) in [4.78, 5) is 14.4. The molecule has 0 saturated heterocycles. The Morgan fingerprint density at radius 2 is 1.85 bits per heavy atom. The van der Waals surface area contributed by atoms with Crippen molar-refractivity contribution >= 4 is 5.97 Å². The molecular formula is C17H27NO2. The molecular weight excluding hydrogens is 250 g/mol. The second kappa shape index (κ2) is 7.44. The van der Waals surface area contributed by atoms with Gasteiger partial charge in [0.15, 0.2) is 0 Å². The largest absolute Gasteiger partial charge is 0.457 e. The van der Waals surface area contributed by atoms with Gasteiger partial charge in [0.2, 0.25) is 0 Å². The third kappa shape index (κ3) is 4.97. The van der Waals surface area contributed by atoms with Crippen LogP contribution in [0.1, 0.15) is 45.3 Å². The van der Waals surface area contributed by atoms with Gasteiger partial charge in [-0.05, 0) is 39.9 Å². The molecule has 3 nitrogen and oxygen atoms in total. The first kappa shape index (κ1) is 16.7. The molecule has 0 spiro atoms. The summed E-state index contributed by atoms with van der Waals surface area (Å²) in [6.45, 7) is 6.77. The van der Waals surface area contributed by atoms with Gasteiger partial charge in [0, 0.05) is 13.0 Å². The number of benzene rings is 1. The molecule has 0 radical (unpaired) electrons. The first-order valence-electron chi connectivity index (χ1n) is 7.27. The molecule has 0 saturated carbocycles.